The third-order valence-corrected chi connectivity index (χ3v) is 6.62. The van der Waals surface area contributed by atoms with Gasteiger partial charge in [-0.05, 0) is 30.5 Å². The first-order valence-corrected chi connectivity index (χ1v) is 9.99. The van der Waals surface area contributed by atoms with Gasteiger partial charge in [-0.1, -0.05) is 12.1 Å². The van der Waals surface area contributed by atoms with E-state index < -0.39 is 33.7 Å². The van der Waals surface area contributed by atoms with Crippen LogP contribution in [-0.4, -0.2) is 55.0 Å². The third kappa shape index (κ3) is 3.95. The second-order valence-electron chi connectivity index (χ2n) is 6.66. The number of ether oxygens (including phenoxy) is 1. The molecule has 0 bridgehead atoms. The number of carboxylic acid groups (broad SMARTS) is 1. The topological polar surface area (TPSA) is 101 Å². The van der Waals surface area contributed by atoms with Crippen molar-refractivity contribution in [1.82, 2.24) is 4.90 Å². The van der Waals surface area contributed by atoms with E-state index in [-0.39, 0.29) is 24.0 Å². The summed E-state index contributed by atoms with van der Waals surface area (Å²) in [5.74, 6) is -1.72. The number of nitrogens with zero attached hydrogens (tertiary/aromatic N) is 1. The Balaban J connectivity index is 1.79. The molecule has 1 amide bonds. The number of hydrogen-bond donors (Lipinski definition) is 1. The third-order valence-electron chi connectivity index (χ3n) is 4.87. The van der Waals surface area contributed by atoms with Crippen LogP contribution in [0.3, 0.4) is 0 Å². The normalized spacial score (nSPS) is 26.8. The van der Waals surface area contributed by atoms with Crippen LogP contribution in [0.2, 0.25) is 0 Å². The molecule has 3 atom stereocenters. The van der Waals surface area contributed by atoms with Gasteiger partial charge in [0, 0.05) is 12.6 Å². The van der Waals surface area contributed by atoms with E-state index in [1.807, 2.05) is 12.1 Å². The number of benzene rings is 1. The van der Waals surface area contributed by atoms with Gasteiger partial charge >= 0.3 is 5.97 Å². The lowest BCUT2D eigenvalue weighted by Gasteiger charge is -2.29. The number of hydrogen-bond acceptors (Lipinski definition) is 5. The molecule has 136 valence electrons. The lowest BCUT2D eigenvalue weighted by Crippen LogP contribution is -2.42. The molecule has 0 spiro atoms. The fourth-order valence-electron chi connectivity index (χ4n) is 3.29. The van der Waals surface area contributed by atoms with Crippen molar-refractivity contribution in [3.63, 3.8) is 0 Å². The highest BCUT2D eigenvalue weighted by Crippen LogP contribution is 2.41. The molecule has 25 heavy (non-hydrogen) atoms. The summed E-state index contributed by atoms with van der Waals surface area (Å²) in [6.07, 6.45) is 0.724. The Labute approximate surface area is 146 Å². The van der Waals surface area contributed by atoms with Gasteiger partial charge in [0.05, 0.1) is 30.5 Å². The summed E-state index contributed by atoms with van der Waals surface area (Å²) in [6, 6.07) is 6.81. The van der Waals surface area contributed by atoms with Gasteiger partial charge in [-0.25, -0.2) is 8.42 Å². The van der Waals surface area contributed by atoms with E-state index in [0.29, 0.717) is 18.6 Å². The molecular formula is C17H21NO6S. The quantitative estimate of drug-likeness (QED) is 0.803. The zero-order valence-corrected chi connectivity index (χ0v) is 14.7. The summed E-state index contributed by atoms with van der Waals surface area (Å²) >= 11 is 0. The molecule has 1 saturated heterocycles. The lowest BCUT2D eigenvalue weighted by atomic mass is 10.1. The minimum Gasteiger partial charge on any atom is -0.497 e. The smallest absolute Gasteiger partial charge is 0.307 e. The zero-order chi connectivity index (χ0) is 18.2. The van der Waals surface area contributed by atoms with Crippen molar-refractivity contribution in [2.45, 2.75) is 25.4 Å². The van der Waals surface area contributed by atoms with Crippen LogP contribution < -0.4 is 4.74 Å². The minimum absolute atomic E-state index is 0.0562. The number of sulfone groups is 1. The molecule has 1 aromatic rings. The van der Waals surface area contributed by atoms with Gasteiger partial charge in [-0.2, -0.15) is 0 Å². The second-order valence-corrected chi connectivity index (χ2v) is 8.89. The summed E-state index contributed by atoms with van der Waals surface area (Å²) in [7, 11) is -1.58. The van der Waals surface area contributed by atoms with E-state index in [1.165, 1.54) is 0 Å². The second kappa shape index (κ2) is 6.67. The molecule has 1 aliphatic carbocycles. The van der Waals surface area contributed by atoms with Crippen molar-refractivity contribution in [3.05, 3.63) is 29.8 Å². The number of aliphatic carboxylic acids is 1. The first-order chi connectivity index (χ1) is 11.8. The molecule has 0 radical (unpaired) electrons. The van der Waals surface area contributed by atoms with Crippen molar-refractivity contribution >= 4 is 21.7 Å². The number of amides is 1. The molecule has 3 rings (SSSR count). The predicted molar refractivity (Wildman–Crippen MR) is 89.8 cm³/mol. The average Bonchev–Trinajstić information content (AvgIpc) is 3.30. The fraction of sp³-hybridized carbons (Fsp3) is 0.529. The molecule has 2 fully saturated rings. The van der Waals surface area contributed by atoms with E-state index in [0.717, 1.165) is 5.56 Å². The fourth-order valence-corrected chi connectivity index (χ4v) is 5.02. The summed E-state index contributed by atoms with van der Waals surface area (Å²) in [5, 5.41) is 9.07. The Morgan fingerprint density at radius 2 is 1.92 bits per heavy atom. The first kappa shape index (κ1) is 17.7. The highest BCUT2D eigenvalue weighted by atomic mass is 32.2. The van der Waals surface area contributed by atoms with Crippen LogP contribution in [0, 0.1) is 11.8 Å². The number of carbonyl (C=O) groups excluding carboxylic acids is 1. The maximum atomic E-state index is 12.8. The Kier molecular flexibility index (Phi) is 4.73. The van der Waals surface area contributed by atoms with Crippen LogP contribution in [0.15, 0.2) is 24.3 Å². The van der Waals surface area contributed by atoms with E-state index in [2.05, 4.69) is 0 Å². The molecular weight excluding hydrogens is 346 g/mol. The van der Waals surface area contributed by atoms with Gasteiger partial charge in [0.1, 0.15) is 5.75 Å². The molecule has 0 unspecified atom stereocenters. The van der Waals surface area contributed by atoms with Crippen LogP contribution in [-0.2, 0) is 26.0 Å². The van der Waals surface area contributed by atoms with Crippen molar-refractivity contribution < 1.29 is 27.9 Å². The molecule has 1 N–H and O–H groups in total. The van der Waals surface area contributed by atoms with Gasteiger partial charge in [0.15, 0.2) is 9.84 Å². The standard InChI is InChI=1S/C17H21NO6S/c1-24-13-4-2-11(3-5-13)9-18(12-6-7-25(22,23)10-12)16(19)14-8-15(14)17(20)21/h2-5,12,14-15H,6-10H2,1H3,(H,20,21)/t12-,14-,15-/m1/s1. The van der Waals surface area contributed by atoms with Crippen LogP contribution in [0.1, 0.15) is 18.4 Å². The van der Waals surface area contributed by atoms with E-state index in [9.17, 15) is 18.0 Å². The molecule has 8 heteroatoms. The molecule has 0 aromatic heterocycles. The largest absolute Gasteiger partial charge is 0.497 e. The van der Waals surface area contributed by atoms with Gasteiger partial charge in [0.2, 0.25) is 5.91 Å². The SMILES string of the molecule is COc1ccc(CN(C(=O)[C@@H]2C[C@H]2C(=O)O)[C@@H]2CCS(=O)(=O)C2)cc1. The van der Waals surface area contributed by atoms with Gasteiger partial charge < -0.3 is 14.7 Å². The Morgan fingerprint density at radius 3 is 2.40 bits per heavy atom. The first-order valence-electron chi connectivity index (χ1n) is 8.17. The number of rotatable bonds is 6. The van der Waals surface area contributed by atoms with Gasteiger partial charge in [-0.15, -0.1) is 0 Å². The molecule has 1 aliphatic heterocycles. The van der Waals surface area contributed by atoms with Crippen molar-refractivity contribution in [3.8, 4) is 5.75 Å². The van der Waals surface area contributed by atoms with E-state index in [1.54, 1.807) is 24.1 Å². The van der Waals surface area contributed by atoms with Crippen molar-refractivity contribution in [1.29, 1.82) is 0 Å². The Bertz CT molecular complexity index is 773. The van der Waals surface area contributed by atoms with Crippen LogP contribution in [0.5, 0.6) is 5.75 Å². The van der Waals surface area contributed by atoms with Gasteiger partial charge in [-0.3, -0.25) is 9.59 Å². The molecule has 1 heterocycles. The maximum Gasteiger partial charge on any atom is 0.307 e. The zero-order valence-electron chi connectivity index (χ0n) is 13.9. The highest BCUT2D eigenvalue weighted by molar-refractivity contribution is 7.91. The Hall–Kier alpha value is -2.09. The summed E-state index contributed by atoms with van der Waals surface area (Å²) in [4.78, 5) is 25.4. The Morgan fingerprint density at radius 1 is 1.24 bits per heavy atom. The van der Waals surface area contributed by atoms with Crippen LogP contribution >= 0.6 is 0 Å². The molecule has 2 aliphatic rings. The number of methoxy groups -OCH3 is 1. The van der Waals surface area contributed by atoms with Crippen LogP contribution in [0.25, 0.3) is 0 Å². The highest BCUT2D eigenvalue weighted by Gasteiger charge is 2.51. The van der Waals surface area contributed by atoms with Crippen LogP contribution in [0.4, 0.5) is 0 Å². The maximum absolute atomic E-state index is 12.8. The number of carbonyl (C=O) groups is 2. The van der Waals surface area contributed by atoms with E-state index in [4.69, 9.17) is 9.84 Å². The number of carboxylic acids is 1. The molecule has 7 nitrogen and oxygen atoms in total. The summed E-state index contributed by atoms with van der Waals surface area (Å²) in [5.41, 5.74) is 0.853. The van der Waals surface area contributed by atoms with Crippen molar-refractivity contribution in [2.24, 2.45) is 11.8 Å². The predicted octanol–water partition coefficient (Wildman–Crippen LogP) is 0.932. The molecule has 1 aromatic carbocycles. The summed E-state index contributed by atoms with van der Waals surface area (Å²) < 4.78 is 28.7. The summed E-state index contributed by atoms with van der Waals surface area (Å²) in [6.45, 7) is 0.270. The monoisotopic (exact) mass is 367 g/mol. The minimum atomic E-state index is -3.14. The van der Waals surface area contributed by atoms with Crippen molar-refractivity contribution in [2.75, 3.05) is 18.6 Å². The lowest BCUT2D eigenvalue weighted by molar-refractivity contribution is -0.142. The average molecular weight is 367 g/mol. The van der Waals surface area contributed by atoms with E-state index >= 15 is 0 Å². The van der Waals surface area contributed by atoms with Gasteiger partial charge in [0.25, 0.3) is 0 Å². The molecule has 1 saturated carbocycles.